The van der Waals surface area contributed by atoms with Crippen molar-refractivity contribution in [1.82, 2.24) is 5.01 Å². The molecule has 1 aromatic rings. The highest BCUT2D eigenvalue weighted by Crippen LogP contribution is 2.30. The molecule has 1 rings (SSSR count). The van der Waals surface area contributed by atoms with Crippen molar-refractivity contribution in [3.63, 3.8) is 0 Å². The van der Waals surface area contributed by atoms with E-state index in [1.807, 2.05) is 41.5 Å². The zero-order valence-corrected chi connectivity index (χ0v) is 15.8. The first-order valence-electron chi connectivity index (χ1n) is 7.48. The van der Waals surface area contributed by atoms with E-state index in [9.17, 15) is 5.11 Å². The van der Waals surface area contributed by atoms with Gasteiger partial charge in [0.25, 0.3) is 0 Å². The first-order valence-corrected chi connectivity index (χ1v) is 8.23. The first-order chi connectivity index (χ1) is 10.4. The fourth-order valence-corrected chi connectivity index (χ4v) is 2.12. The fraction of sp³-hybridized carbons (Fsp3) is 0.500. The van der Waals surface area contributed by atoms with E-state index in [-0.39, 0.29) is 18.3 Å². The van der Waals surface area contributed by atoms with Crippen molar-refractivity contribution < 1.29 is 5.11 Å². The van der Waals surface area contributed by atoms with Crippen LogP contribution < -0.4 is 11.6 Å². The van der Waals surface area contributed by atoms with E-state index in [1.54, 1.807) is 18.2 Å². The highest BCUT2D eigenvalue weighted by atomic mass is 35.5. The number of hydrazine groups is 1. The van der Waals surface area contributed by atoms with Gasteiger partial charge in [0.05, 0.1) is 28.0 Å². The van der Waals surface area contributed by atoms with E-state index < -0.39 is 0 Å². The van der Waals surface area contributed by atoms with Gasteiger partial charge in [0.1, 0.15) is 0 Å². The van der Waals surface area contributed by atoms with E-state index in [0.717, 1.165) is 0 Å². The lowest BCUT2D eigenvalue weighted by molar-refractivity contribution is 0.226. The number of nitrogens with zero attached hydrogens (tertiary/aromatic N) is 1. The molecule has 0 unspecified atom stereocenters. The molecule has 0 heterocycles. The van der Waals surface area contributed by atoms with Crippen LogP contribution in [0.4, 0.5) is 0 Å². The van der Waals surface area contributed by atoms with Crippen molar-refractivity contribution in [2.75, 3.05) is 6.61 Å². The second kappa shape index (κ2) is 12.6. The summed E-state index contributed by atoms with van der Waals surface area (Å²) in [5.41, 5.74) is 7.18. The predicted molar refractivity (Wildman–Crippen MR) is 98.5 cm³/mol. The van der Waals surface area contributed by atoms with Crippen LogP contribution >= 0.6 is 23.2 Å². The zero-order chi connectivity index (χ0) is 17.9. The lowest BCUT2D eigenvalue weighted by atomic mass is 10.1. The van der Waals surface area contributed by atoms with Crippen LogP contribution in [0.3, 0.4) is 0 Å². The van der Waals surface area contributed by atoms with Gasteiger partial charge >= 0.3 is 0 Å². The Morgan fingerprint density at radius 1 is 1.14 bits per heavy atom. The van der Waals surface area contributed by atoms with Gasteiger partial charge in [0, 0.05) is 11.6 Å². The van der Waals surface area contributed by atoms with Gasteiger partial charge in [-0.1, -0.05) is 57.0 Å². The summed E-state index contributed by atoms with van der Waals surface area (Å²) in [5, 5.41) is 11.7. The summed E-state index contributed by atoms with van der Waals surface area (Å²) in [7, 11) is 0. The van der Waals surface area contributed by atoms with Gasteiger partial charge in [-0.15, -0.1) is 0 Å². The maximum Gasteiger partial charge on any atom is 0.0864 e. The largest absolute Gasteiger partial charge is 0.397 e. The Hall–Kier alpha value is -0.940. The van der Waals surface area contributed by atoms with Crippen molar-refractivity contribution in [1.29, 1.82) is 0 Å². The third-order valence-electron chi connectivity index (χ3n) is 2.56. The molecule has 128 valence electrons. The number of hydrogen-bond donors (Lipinski definition) is 3. The average molecular weight is 350 g/mol. The molecule has 4 nitrogen and oxygen atoms in total. The van der Waals surface area contributed by atoms with Gasteiger partial charge in [-0.3, -0.25) is 0 Å². The molecule has 6 heteroatoms. The van der Waals surface area contributed by atoms with E-state index in [1.165, 1.54) is 5.01 Å². The SMILES string of the molecule is CC.CC.CC(C)N(N)/C(CO)=C(\N)c1c(Cl)cccc1Cl. The number of benzene rings is 1. The summed E-state index contributed by atoms with van der Waals surface area (Å²) < 4.78 is 0. The fourth-order valence-electron chi connectivity index (χ4n) is 1.52. The Kier molecular flexibility index (Phi) is 13.3. The van der Waals surface area contributed by atoms with E-state index >= 15 is 0 Å². The molecule has 0 bridgehead atoms. The van der Waals surface area contributed by atoms with Gasteiger partial charge in [-0.05, 0) is 26.0 Å². The molecular formula is C16H29Cl2N3O. The number of halogens is 2. The van der Waals surface area contributed by atoms with Crippen LogP contribution in [0.2, 0.25) is 10.0 Å². The molecule has 22 heavy (non-hydrogen) atoms. The molecule has 0 aliphatic heterocycles. The molecule has 0 saturated heterocycles. The third kappa shape index (κ3) is 6.44. The Morgan fingerprint density at radius 3 is 1.86 bits per heavy atom. The number of aliphatic hydroxyl groups excluding tert-OH is 1. The summed E-state index contributed by atoms with van der Waals surface area (Å²) in [6.45, 7) is 11.5. The van der Waals surface area contributed by atoms with E-state index in [2.05, 4.69) is 0 Å². The summed E-state index contributed by atoms with van der Waals surface area (Å²) in [5.74, 6) is 5.86. The third-order valence-corrected chi connectivity index (χ3v) is 3.19. The summed E-state index contributed by atoms with van der Waals surface area (Å²) in [4.78, 5) is 0. The Balaban J connectivity index is 0. The van der Waals surface area contributed by atoms with Crippen LogP contribution in [0.5, 0.6) is 0 Å². The van der Waals surface area contributed by atoms with Crippen LogP contribution in [0.1, 0.15) is 47.1 Å². The van der Waals surface area contributed by atoms with Gasteiger partial charge in [-0.25, -0.2) is 5.84 Å². The molecule has 0 aliphatic rings. The van der Waals surface area contributed by atoms with Crippen molar-refractivity contribution in [2.45, 2.75) is 47.6 Å². The topological polar surface area (TPSA) is 75.5 Å². The van der Waals surface area contributed by atoms with Crippen LogP contribution in [0.25, 0.3) is 5.70 Å². The number of hydrogen-bond acceptors (Lipinski definition) is 4. The normalized spacial score (nSPS) is 10.9. The van der Waals surface area contributed by atoms with Gasteiger partial charge in [0.2, 0.25) is 0 Å². The minimum absolute atomic E-state index is 0.00744. The van der Waals surface area contributed by atoms with Crippen molar-refractivity contribution >= 4 is 28.9 Å². The second-order valence-corrected chi connectivity index (χ2v) is 4.93. The lowest BCUT2D eigenvalue weighted by Crippen LogP contribution is -2.39. The summed E-state index contributed by atoms with van der Waals surface area (Å²) in [6, 6.07) is 5.08. The summed E-state index contributed by atoms with van der Waals surface area (Å²) >= 11 is 12.1. The molecular weight excluding hydrogens is 321 g/mol. The molecule has 1 aromatic carbocycles. The Morgan fingerprint density at radius 2 is 1.55 bits per heavy atom. The highest BCUT2D eigenvalue weighted by Gasteiger charge is 2.17. The quantitative estimate of drug-likeness (QED) is 0.560. The molecule has 0 aromatic heterocycles. The maximum absolute atomic E-state index is 9.41. The van der Waals surface area contributed by atoms with Crippen LogP contribution in [0.15, 0.2) is 23.9 Å². The standard InChI is InChI=1S/C12H17Cl2N3O.2C2H6/c1-7(2)17(16)10(6-18)12(15)11-8(13)4-3-5-9(11)14;2*1-2/h3-5,7,18H,6,15-16H2,1-2H3;2*1-2H3/b12-10-;;. The second-order valence-electron chi connectivity index (χ2n) is 4.12. The number of rotatable bonds is 4. The van der Waals surface area contributed by atoms with Crippen molar-refractivity contribution in [3.8, 4) is 0 Å². The van der Waals surface area contributed by atoms with Crippen LogP contribution in [-0.4, -0.2) is 22.8 Å². The van der Waals surface area contributed by atoms with Crippen LogP contribution in [-0.2, 0) is 0 Å². The molecule has 0 amide bonds. The predicted octanol–water partition coefficient (Wildman–Crippen LogP) is 4.25. The van der Waals surface area contributed by atoms with Gasteiger partial charge < -0.3 is 15.8 Å². The molecule has 0 saturated carbocycles. The molecule has 0 radical (unpaired) electrons. The van der Waals surface area contributed by atoms with Gasteiger partial charge in [-0.2, -0.15) is 0 Å². The Labute approximate surface area is 144 Å². The van der Waals surface area contributed by atoms with E-state index in [4.69, 9.17) is 34.8 Å². The van der Waals surface area contributed by atoms with Crippen LogP contribution in [0, 0.1) is 0 Å². The monoisotopic (exact) mass is 349 g/mol. The van der Waals surface area contributed by atoms with E-state index in [0.29, 0.717) is 21.3 Å². The minimum Gasteiger partial charge on any atom is -0.397 e. The average Bonchev–Trinajstić information content (AvgIpc) is 2.51. The summed E-state index contributed by atoms with van der Waals surface area (Å²) in [6.07, 6.45) is 0. The van der Waals surface area contributed by atoms with Crippen molar-refractivity contribution in [3.05, 3.63) is 39.5 Å². The zero-order valence-electron chi connectivity index (χ0n) is 14.3. The Bertz CT molecular complexity index is 442. The molecule has 0 spiro atoms. The highest BCUT2D eigenvalue weighted by molar-refractivity contribution is 6.37. The number of nitrogens with two attached hydrogens (primary N) is 2. The smallest absolute Gasteiger partial charge is 0.0864 e. The van der Waals surface area contributed by atoms with Gasteiger partial charge in [0.15, 0.2) is 0 Å². The van der Waals surface area contributed by atoms with Crippen molar-refractivity contribution in [2.24, 2.45) is 11.6 Å². The molecule has 5 N–H and O–H groups in total. The molecule has 0 atom stereocenters. The lowest BCUT2D eigenvalue weighted by Gasteiger charge is -2.27. The maximum atomic E-state index is 9.41. The number of aliphatic hydroxyl groups is 1. The first kappa shape index (κ1) is 23.3. The molecule has 0 fully saturated rings. The minimum atomic E-state index is -0.290. The molecule has 0 aliphatic carbocycles.